The monoisotopic (exact) mass is 359 g/mol. The molecular weight excluding hydrogens is 337 g/mol. The van der Waals surface area contributed by atoms with Crippen molar-refractivity contribution in [3.05, 3.63) is 35.3 Å². The Kier molecular flexibility index (Phi) is 6.06. The number of carbonyl (C=O) groups excluding carboxylic acids is 2. The van der Waals surface area contributed by atoms with Gasteiger partial charge in [-0.25, -0.2) is 4.79 Å². The molecule has 0 amide bonds. The molecule has 7 heteroatoms. The van der Waals surface area contributed by atoms with Crippen molar-refractivity contribution in [3.63, 3.8) is 0 Å². The number of aliphatic imine (C=N–C) groups is 1. The highest BCUT2D eigenvalue weighted by molar-refractivity contribution is 8.13. The number of hydrogen-bond acceptors (Lipinski definition) is 6. The molecule has 1 heterocycles. The van der Waals surface area contributed by atoms with Gasteiger partial charge < -0.3 is 9.31 Å². The molecule has 0 atom stereocenters. The van der Waals surface area contributed by atoms with Crippen LogP contribution in [0.15, 0.2) is 34.7 Å². The van der Waals surface area contributed by atoms with Gasteiger partial charge in [-0.15, -0.1) is 0 Å². The fourth-order valence-electron chi connectivity index (χ4n) is 2.32. The summed E-state index contributed by atoms with van der Waals surface area (Å²) in [7, 11) is -0.565. The van der Waals surface area contributed by atoms with Crippen molar-refractivity contribution in [1.82, 2.24) is 0 Å². The maximum absolute atomic E-state index is 11.4. The van der Waals surface area contributed by atoms with Gasteiger partial charge in [0, 0.05) is 18.2 Å². The minimum Gasteiger partial charge on any atom is -0.400 e. The Morgan fingerprint density at radius 2 is 1.84 bits per heavy atom. The van der Waals surface area contributed by atoms with E-state index in [1.54, 1.807) is 18.2 Å². The first kappa shape index (κ1) is 19.7. The second-order valence-electron chi connectivity index (χ2n) is 6.85. The van der Waals surface area contributed by atoms with E-state index in [1.807, 2.05) is 45.9 Å². The van der Waals surface area contributed by atoms with Crippen LogP contribution in [-0.2, 0) is 18.9 Å². The number of carbonyl (C=O) groups is 1. The van der Waals surface area contributed by atoms with E-state index in [2.05, 4.69) is 4.99 Å². The summed E-state index contributed by atoms with van der Waals surface area (Å²) in [5, 5.41) is 0.0154. The van der Waals surface area contributed by atoms with Crippen LogP contribution in [0.4, 0.5) is 5.69 Å². The van der Waals surface area contributed by atoms with Gasteiger partial charge in [0.1, 0.15) is 0 Å². The first-order valence-corrected chi connectivity index (χ1v) is 9.01. The first-order chi connectivity index (χ1) is 11.7. The predicted octanol–water partition coefficient (Wildman–Crippen LogP) is 3.95. The van der Waals surface area contributed by atoms with Crippen molar-refractivity contribution in [1.29, 1.82) is 0 Å². The molecule has 1 aliphatic rings. The van der Waals surface area contributed by atoms with E-state index >= 15 is 0 Å². The number of benzene rings is 1. The number of isocyanates is 1. The molecule has 0 spiro atoms. The molecule has 5 nitrogen and oxygen atoms in total. The van der Waals surface area contributed by atoms with E-state index < -0.39 is 18.3 Å². The molecular formula is C18H22BNO4S. The van der Waals surface area contributed by atoms with E-state index in [0.717, 1.165) is 11.0 Å². The summed E-state index contributed by atoms with van der Waals surface area (Å²) in [5.41, 5.74) is 1.13. The fraction of sp³-hybridized carbons (Fsp3) is 0.444. The molecule has 0 bridgehead atoms. The van der Waals surface area contributed by atoms with E-state index in [4.69, 9.17) is 9.31 Å². The smallest absolute Gasteiger partial charge is 0.400 e. The zero-order valence-corrected chi connectivity index (χ0v) is 16.0. The van der Waals surface area contributed by atoms with Crippen molar-refractivity contribution >= 4 is 41.8 Å². The lowest BCUT2D eigenvalue weighted by Crippen LogP contribution is -2.41. The Balaban J connectivity index is 2.40. The molecule has 0 aromatic heterocycles. The Bertz CT molecular complexity index is 722. The zero-order chi connectivity index (χ0) is 18.7. The lowest BCUT2D eigenvalue weighted by Gasteiger charge is -2.32. The van der Waals surface area contributed by atoms with Crippen LogP contribution in [0.5, 0.6) is 0 Å². The number of thioether (sulfide) groups is 1. The summed E-state index contributed by atoms with van der Waals surface area (Å²) in [6, 6.07) is 7.23. The van der Waals surface area contributed by atoms with Crippen LogP contribution < -0.4 is 0 Å². The van der Waals surface area contributed by atoms with Gasteiger partial charge in [0.25, 0.3) is 0 Å². The summed E-state index contributed by atoms with van der Waals surface area (Å²) in [5.74, 6) is 0.436. The standard InChI is InChI=1S/C18H22BNO4S/c1-13(22)25-11-15(19-23-17(2,3)18(4,5)24-19)10-14-8-6-7-9-16(14)20-12-21/h6-10H,11H2,1-5H3. The Morgan fingerprint density at radius 3 is 2.40 bits per heavy atom. The third-order valence-electron chi connectivity index (χ3n) is 4.44. The maximum atomic E-state index is 11.4. The van der Waals surface area contributed by atoms with Gasteiger partial charge in [0.2, 0.25) is 6.08 Å². The molecule has 132 valence electrons. The zero-order valence-electron chi connectivity index (χ0n) is 15.2. The van der Waals surface area contributed by atoms with Crippen LogP contribution in [0.3, 0.4) is 0 Å². The van der Waals surface area contributed by atoms with Gasteiger partial charge in [-0.05, 0) is 39.2 Å². The van der Waals surface area contributed by atoms with Crippen molar-refractivity contribution in [2.24, 2.45) is 4.99 Å². The Labute approximate surface area is 153 Å². The average Bonchev–Trinajstić information content (AvgIpc) is 2.73. The highest BCUT2D eigenvalue weighted by Gasteiger charge is 2.52. The second-order valence-corrected chi connectivity index (χ2v) is 8.00. The van der Waals surface area contributed by atoms with Crippen LogP contribution >= 0.6 is 11.8 Å². The van der Waals surface area contributed by atoms with Crippen LogP contribution in [0.25, 0.3) is 6.08 Å². The molecule has 1 aliphatic heterocycles. The normalized spacial score (nSPS) is 18.8. The van der Waals surface area contributed by atoms with E-state index in [-0.39, 0.29) is 5.12 Å². The minimum absolute atomic E-state index is 0.0154. The Hall–Kier alpha value is -1.66. The van der Waals surface area contributed by atoms with Crippen molar-refractivity contribution in [3.8, 4) is 0 Å². The van der Waals surface area contributed by atoms with Gasteiger partial charge in [0.15, 0.2) is 5.12 Å². The molecule has 1 aromatic carbocycles. The molecule has 1 aromatic rings. The van der Waals surface area contributed by atoms with E-state index in [9.17, 15) is 9.59 Å². The molecule has 0 saturated carbocycles. The lowest BCUT2D eigenvalue weighted by atomic mass is 9.78. The molecule has 0 radical (unpaired) electrons. The summed E-state index contributed by atoms with van der Waals surface area (Å²) < 4.78 is 12.2. The van der Waals surface area contributed by atoms with Gasteiger partial charge in [-0.3, -0.25) is 4.79 Å². The van der Waals surface area contributed by atoms with Crippen molar-refractivity contribution < 1.29 is 18.9 Å². The third kappa shape index (κ3) is 4.70. The SMILES string of the molecule is CC(=O)SCC(=Cc1ccccc1N=C=O)B1OC(C)(C)C(C)(C)O1. The molecule has 1 saturated heterocycles. The minimum atomic E-state index is -0.565. The lowest BCUT2D eigenvalue weighted by molar-refractivity contribution is -0.109. The first-order valence-electron chi connectivity index (χ1n) is 8.02. The summed E-state index contributed by atoms with van der Waals surface area (Å²) in [6.07, 6.45) is 3.44. The number of nitrogens with zero attached hydrogens (tertiary/aromatic N) is 1. The van der Waals surface area contributed by atoms with Crippen molar-refractivity contribution in [2.75, 3.05) is 5.75 Å². The van der Waals surface area contributed by atoms with Gasteiger partial charge in [0.05, 0.1) is 16.9 Å². The molecule has 0 unspecified atom stereocenters. The molecule has 1 fully saturated rings. The quantitative estimate of drug-likeness (QED) is 0.453. The molecule has 25 heavy (non-hydrogen) atoms. The van der Waals surface area contributed by atoms with Crippen LogP contribution in [-0.4, -0.2) is 35.3 Å². The van der Waals surface area contributed by atoms with Gasteiger partial charge in [-0.1, -0.05) is 36.0 Å². The maximum Gasteiger partial charge on any atom is 0.491 e. The topological polar surface area (TPSA) is 65.0 Å². The average molecular weight is 359 g/mol. The number of hydrogen-bond donors (Lipinski definition) is 0. The Morgan fingerprint density at radius 1 is 1.24 bits per heavy atom. The molecule has 0 N–H and O–H groups in total. The summed E-state index contributed by atoms with van der Waals surface area (Å²) in [6.45, 7) is 9.44. The predicted molar refractivity (Wildman–Crippen MR) is 101 cm³/mol. The largest absolute Gasteiger partial charge is 0.491 e. The second kappa shape index (κ2) is 7.71. The fourth-order valence-corrected chi connectivity index (χ4v) is 2.91. The van der Waals surface area contributed by atoms with Crippen LogP contribution in [0, 0.1) is 0 Å². The van der Waals surface area contributed by atoms with Crippen LogP contribution in [0.1, 0.15) is 40.2 Å². The third-order valence-corrected chi connectivity index (χ3v) is 5.33. The number of rotatable bonds is 5. The van der Waals surface area contributed by atoms with Crippen molar-refractivity contribution in [2.45, 2.75) is 45.8 Å². The van der Waals surface area contributed by atoms with E-state index in [1.165, 1.54) is 18.7 Å². The molecule has 0 aliphatic carbocycles. The summed E-state index contributed by atoms with van der Waals surface area (Å²) >= 11 is 1.19. The van der Waals surface area contributed by atoms with Gasteiger partial charge in [-0.2, -0.15) is 4.99 Å². The summed E-state index contributed by atoms with van der Waals surface area (Å²) in [4.78, 5) is 25.8. The highest BCUT2D eigenvalue weighted by Crippen LogP contribution is 2.39. The van der Waals surface area contributed by atoms with Crippen LogP contribution in [0.2, 0.25) is 0 Å². The van der Waals surface area contributed by atoms with E-state index in [0.29, 0.717) is 11.4 Å². The number of para-hydroxylation sites is 1. The highest BCUT2D eigenvalue weighted by atomic mass is 32.2. The molecule has 2 rings (SSSR count). The van der Waals surface area contributed by atoms with Gasteiger partial charge >= 0.3 is 7.12 Å².